The molecule has 1 aliphatic carbocycles. The molecule has 0 aromatic carbocycles. The molecule has 3 N–H and O–H groups in total. The van der Waals surface area contributed by atoms with Crippen LogP contribution in [-0.2, 0) is 4.74 Å². The summed E-state index contributed by atoms with van der Waals surface area (Å²) in [5, 5.41) is 4.14. The number of esters is 1. The van der Waals surface area contributed by atoms with Crippen LogP contribution in [-0.4, -0.2) is 25.7 Å². The summed E-state index contributed by atoms with van der Waals surface area (Å²) < 4.78 is 10.5. The monoisotopic (exact) mass is 284 g/mol. The molecule has 1 saturated carbocycles. The summed E-state index contributed by atoms with van der Waals surface area (Å²) in [6.45, 7) is 4.76. The number of carbonyl (C=O) groups is 1. The molecule has 0 spiro atoms. The third kappa shape index (κ3) is 3.32. The lowest BCUT2D eigenvalue weighted by molar-refractivity contribution is 0.0607. The second kappa shape index (κ2) is 5.69. The molecular formula is C13H20N2O3S. The number of nitrogens with one attached hydrogen (secondary N) is 1. The highest BCUT2D eigenvalue weighted by Crippen LogP contribution is 2.44. The lowest BCUT2D eigenvalue weighted by atomic mass is 10.3. The number of carbonyl (C=O) groups excluding carboxylic acids is 1. The van der Waals surface area contributed by atoms with E-state index in [9.17, 15) is 4.79 Å². The molecule has 1 aromatic rings. The third-order valence-corrected chi connectivity index (χ3v) is 4.00. The van der Waals surface area contributed by atoms with E-state index < -0.39 is 5.97 Å². The average molecular weight is 284 g/mol. The number of nitrogens with two attached hydrogens (primary N) is 1. The van der Waals surface area contributed by atoms with E-state index in [-0.39, 0.29) is 6.10 Å². The van der Waals surface area contributed by atoms with Gasteiger partial charge in [0.05, 0.1) is 13.2 Å². The second-order valence-electron chi connectivity index (χ2n) is 4.99. The van der Waals surface area contributed by atoms with Crippen molar-refractivity contribution in [3.8, 4) is 5.75 Å². The van der Waals surface area contributed by atoms with E-state index in [1.807, 2.05) is 13.8 Å². The van der Waals surface area contributed by atoms with E-state index in [0.717, 1.165) is 17.5 Å². The van der Waals surface area contributed by atoms with Crippen LogP contribution in [0.1, 0.15) is 36.4 Å². The number of hydrogen-bond donors (Lipinski definition) is 2. The largest absolute Gasteiger partial charge is 0.486 e. The smallest absolute Gasteiger partial charge is 0.350 e. The van der Waals surface area contributed by atoms with Gasteiger partial charge in [0.25, 0.3) is 0 Å². The van der Waals surface area contributed by atoms with Crippen LogP contribution in [0.2, 0.25) is 0 Å². The van der Waals surface area contributed by atoms with E-state index in [1.54, 1.807) is 0 Å². The van der Waals surface area contributed by atoms with Crippen molar-refractivity contribution in [1.29, 1.82) is 0 Å². The van der Waals surface area contributed by atoms with Crippen LogP contribution in [0.15, 0.2) is 0 Å². The molecule has 5 nitrogen and oxygen atoms in total. The zero-order valence-electron chi connectivity index (χ0n) is 11.5. The first-order valence-electron chi connectivity index (χ1n) is 6.44. The zero-order chi connectivity index (χ0) is 14.0. The zero-order valence-corrected chi connectivity index (χ0v) is 12.3. The summed E-state index contributed by atoms with van der Waals surface area (Å²) in [7, 11) is 1.35. The first-order chi connectivity index (χ1) is 9.02. The summed E-state index contributed by atoms with van der Waals surface area (Å²) in [6, 6.07) is 0. The average Bonchev–Trinajstić information content (AvgIpc) is 3.14. The highest BCUT2D eigenvalue weighted by atomic mass is 32.1. The standard InChI is InChI=1S/C13H20N2O3S/c1-7(2)18-10-9(14)11(13(16)17-3)19-12(10)15-6-8-4-5-8/h7-8,15H,4-6,14H2,1-3H3. The van der Waals surface area contributed by atoms with Gasteiger partial charge in [0.1, 0.15) is 15.6 Å². The summed E-state index contributed by atoms with van der Waals surface area (Å²) in [6.07, 6.45) is 2.53. The second-order valence-corrected chi connectivity index (χ2v) is 6.01. The van der Waals surface area contributed by atoms with Crippen molar-refractivity contribution >= 4 is 28.0 Å². The third-order valence-electron chi connectivity index (χ3n) is 2.87. The first-order valence-corrected chi connectivity index (χ1v) is 7.25. The molecule has 0 unspecified atom stereocenters. The Morgan fingerprint density at radius 3 is 2.74 bits per heavy atom. The Morgan fingerprint density at radius 2 is 2.21 bits per heavy atom. The van der Waals surface area contributed by atoms with Crippen LogP contribution in [0.25, 0.3) is 0 Å². The van der Waals surface area contributed by atoms with E-state index in [4.69, 9.17) is 15.2 Å². The number of thiophene rings is 1. The Hall–Kier alpha value is -1.43. The molecule has 1 heterocycles. The molecular weight excluding hydrogens is 264 g/mol. The predicted molar refractivity (Wildman–Crippen MR) is 77.0 cm³/mol. The van der Waals surface area contributed by atoms with E-state index in [1.165, 1.54) is 31.3 Å². The Kier molecular flexibility index (Phi) is 4.19. The predicted octanol–water partition coefficient (Wildman–Crippen LogP) is 2.73. The molecule has 0 amide bonds. The number of rotatable bonds is 6. The maximum Gasteiger partial charge on any atom is 0.350 e. The van der Waals surface area contributed by atoms with Gasteiger partial charge in [-0.05, 0) is 32.6 Å². The fourth-order valence-corrected chi connectivity index (χ4v) is 2.68. The lowest BCUT2D eigenvalue weighted by Crippen LogP contribution is -2.10. The minimum absolute atomic E-state index is 0.00359. The molecule has 106 valence electrons. The van der Waals surface area contributed by atoms with Gasteiger partial charge in [-0.1, -0.05) is 0 Å². The number of ether oxygens (including phenoxy) is 2. The quantitative estimate of drug-likeness (QED) is 0.786. The molecule has 1 aliphatic rings. The van der Waals surface area contributed by atoms with Crippen LogP contribution in [0, 0.1) is 5.92 Å². The molecule has 0 aliphatic heterocycles. The van der Waals surface area contributed by atoms with E-state index in [2.05, 4.69) is 5.32 Å². The first kappa shape index (κ1) is 14.0. The fraction of sp³-hybridized carbons (Fsp3) is 0.615. The van der Waals surface area contributed by atoms with Gasteiger partial charge in [0.2, 0.25) is 0 Å². The molecule has 0 atom stereocenters. The number of nitrogen functional groups attached to an aromatic ring is 1. The SMILES string of the molecule is COC(=O)c1sc(NCC2CC2)c(OC(C)C)c1N. The highest BCUT2D eigenvalue weighted by molar-refractivity contribution is 7.19. The topological polar surface area (TPSA) is 73.6 Å². The Morgan fingerprint density at radius 1 is 1.53 bits per heavy atom. The Labute approximate surface area is 117 Å². The summed E-state index contributed by atoms with van der Waals surface area (Å²) in [5.41, 5.74) is 6.36. The Bertz CT molecular complexity index is 467. The molecule has 0 radical (unpaired) electrons. The van der Waals surface area contributed by atoms with Gasteiger partial charge < -0.3 is 20.5 Å². The fourth-order valence-electron chi connectivity index (χ4n) is 1.70. The Balaban J connectivity index is 2.23. The number of methoxy groups -OCH3 is 1. The van der Waals surface area contributed by atoms with Gasteiger partial charge >= 0.3 is 5.97 Å². The van der Waals surface area contributed by atoms with Crippen molar-refractivity contribution in [2.24, 2.45) is 5.92 Å². The minimum atomic E-state index is -0.421. The van der Waals surface area contributed by atoms with Crippen LogP contribution >= 0.6 is 11.3 Å². The summed E-state index contributed by atoms with van der Waals surface area (Å²) in [4.78, 5) is 12.1. The lowest BCUT2D eigenvalue weighted by Gasteiger charge is -2.12. The number of anilines is 2. The van der Waals surface area contributed by atoms with Gasteiger partial charge in [-0.3, -0.25) is 0 Å². The van der Waals surface area contributed by atoms with Gasteiger partial charge in [0, 0.05) is 6.54 Å². The molecule has 2 rings (SSSR count). The van der Waals surface area contributed by atoms with Crippen molar-refractivity contribution in [2.75, 3.05) is 24.7 Å². The van der Waals surface area contributed by atoms with Gasteiger partial charge in [-0.15, -0.1) is 11.3 Å². The summed E-state index contributed by atoms with van der Waals surface area (Å²) in [5.74, 6) is 0.883. The number of hydrogen-bond acceptors (Lipinski definition) is 6. The van der Waals surface area contributed by atoms with Crippen molar-refractivity contribution in [2.45, 2.75) is 32.8 Å². The van der Waals surface area contributed by atoms with Gasteiger partial charge in [0.15, 0.2) is 5.75 Å². The summed E-state index contributed by atoms with van der Waals surface area (Å²) >= 11 is 1.29. The maximum atomic E-state index is 11.7. The van der Waals surface area contributed by atoms with Crippen LogP contribution in [0.4, 0.5) is 10.7 Å². The molecule has 1 fully saturated rings. The van der Waals surface area contributed by atoms with Crippen molar-refractivity contribution in [3.63, 3.8) is 0 Å². The normalized spacial score (nSPS) is 14.5. The van der Waals surface area contributed by atoms with Gasteiger partial charge in [-0.2, -0.15) is 0 Å². The molecule has 1 aromatic heterocycles. The maximum absolute atomic E-state index is 11.7. The minimum Gasteiger partial charge on any atom is -0.486 e. The molecule has 19 heavy (non-hydrogen) atoms. The molecule has 0 bridgehead atoms. The van der Waals surface area contributed by atoms with E-state index in [0.29, 0.717) is 16.3 Å². The van der Waals surface area contributed by atoms with Crippen molar-refractivity contribution < 1.29 is 14.3 Å². The molecule has 6 heteroatoms. The highest BCUT2D eigenvalue weighted by Gasteiger charge is 2.26. The van der Waals surface area contributed by atoms with Crippen LogP contribution < -0.4 is 15.8 Å². The van der Waals surface area contributed by atoms with Crippen LogP contribution in [0.5, 0.6) is 5.75 Å². The van der Waals surface area contributed by atoms with Crippen molar-refractivity contribution in [3.05, 3.63) is 4.88 Å². The van der Waals surface area contributed by atoms with E-state index >= 15 is 0 Å². The molecule has 0 saturated heterocycles. The van der Waals surface area contributed by atoms with Crippen LogP contribution in [0.3, 0.4) is 0 Å². The van der Waals surface area contributed by atoms with Gasteiger partial charge in [-0.25, -0.2) is 4.79 Å². The van der Waals surface area contributed by atoms with Crippen molar-refractivity contribution in [1.82, 2.24) is 0 Å².